The first-order valence-electron chi connectivity index (χ1n) is 6.82. The fourth-order valence-electron chi connectivity index (χ4n) is 2.25. The van der Waals surface area contributed by atoms with Crippen molar-refractivity contribution in [3.8, 4) is 16.9 Å². The van der Waals surface area contributed by atoms with E-state index in [0.29, 0.717) is 17.2 Å². The van der Waals surface area contributed by atoms with Crippen LogP contribution >= 0.6 is 0 Å². The van der Waals surface area contributed by atoms with Gasteiger partial charge < -0.3 is 9.84 Å². The Morgan fingerprint density at radius 1 is 1.24 bits per heavy atom. The lowest BCUT2D eigenvalue weighted by molar-refractivity contribution is 0.0697. The molecule has 110 valence electrons. The van der Waals surface area contributed by atoms with Crippen LogP contribution in [0, 0.1) is 6.92 Å². The summed E-state index contributed by atoms with van der Waals surface area (Å²) in [6, 6.07) is 7.29. The van der Waals surface area contributed by atoms with E-state index in [0.717, 1.165) is 16.8 Å². The Morgan fingerprint density at radius 3 is 2.52 bits per heavy atom. The van der Waals surface area contributed by atoms with Crippen LogP contribution in [0.1, 0.15) is 41.4 Å². The normalized spacial score (nSPS) is 10.7. The van der Waals surface area contributed by atoms with Crippen molar-refractivity contribution >= 4 is 5.97 Å². The van der Waals surface area contributed by atoms with Crippen molar-refractivity contribution in [1.29, 1.82) is 0 Å². The summed E-state index contributed by atoms with van der Waals surface area (Å²) in [5, 5.41) is 9.43. The highest BCUT2D eigenvalue weighted by Gasteiger charge is 2.17. The van der Waals surface area contributed by atoms with E-state index in [2.05, 4.69) is 18.8 Å². The molecule has 0 aliphatic heterocycles. The molecule has 0 unspecified atom stereocenters. The maximum atomic E-state index is 11.5. The van der Waals surface area contributed by atoms with Gasteiger partial charge in [0.05, 0.1) is 18.9 Å². The number of benzene rings is 1. The summed E-state index contributed by atoms with van der Waals surface area (Å²) >= 11 is 0. The van der Waals surface area contributed by atoms with Crippen molar-refractivity contribution in [2.24, 2.45) is 0 Å². The molecule has 0 saturated carbocycles. The number of methoxy groups -OCH3 is 1. The first-order chi connectivity index (χ1) is 9.93. The van der Waals surface area contributed by atoms with Crippen LogP contribution in [0.25, 0.3) is 11.1 Å². The maximum absolute atomic E-state index is 11.5. The van der Waals surface area contributed by atoms with Gasteiger partial charge in [0.15, 0.2) is 0 Å². The number of ether oxygens (including phenoxy) is 1. The largest absolute Gasteiger partial charge is 0.494 e. The molecule has 21 heavy (non-hydrogen) atoms. The van der Waals surface area contributed by atoms with Gasteiger partial charge in [-0.25, -0.2) is 4.79 Å². The second kappa shape index (κ2) is 5.95. The third-order valence-corrected chi connectivity index (χ3v) is 3.45. The number of aromatic carboxylic acids is 1. The van der Waals surface area contributed by atoms with Gasteiger partial charge in [-0.3, -0.25) is 4.98 Å². The molecule has 0 atom stereocenters. The minimum atomic E-state index is -0.947. The lowest BCUT2D eigenvalue weighted by Gasteiger charge is -2.14. The number of aryl methyl sites for hydroxylation is 1. The van der Waals surface area contributed by atoms with Gasteiger partial charge in [-0.15, -0.1) is 0 Å². The third-order valence-electron chi connectivity index (χ3n) is 3.45. The fraction of sp³-hybridized carbons (Fsp3) is 0.294. The van der Waals surface area contributed by atoms with Crippen molar-refractivity contribution in [2.75, 3.05) is 7.11 Å². The lowest BCUT2D eigenvalue weighted by atomic mass is 9.93. The number of rotatable bonds is 4. The summed E-state index contributed by atoms with van der Waals surface area (Å²) in [6.07, 6.45) is 1.62. The van der Waals surface area contributed by atoms with Crippen LogP contribution in [0.5, 0.6) is 5.75 Å². The molecule has 0 radical (unpaired) electrons. The molecule has 0 bridgehead atoms. The van der Waals surface area contributed by atoms with Crippen LogP contribution < -0.4 is 4.74 Å². The highest BCUT2D eigenvalue weighted by atomic mass is 16.5. The molecule has 0 saturated heterocycles. The number of carboxylic acid groups (broad SMARTS) is 1. The molecule has 4 nitrogen and oxygen atoms in total. The van der Waals surface area contributed by atoms with Crippen molar-refractivity contribution in [3.05, 3.63) is 47.3 Å². The molecule has 0 aliphatic carbocycles. The molecule has 4 heteroatoms. The zero-order chi connectivity index (χ0) is 15.6. The van der Waals surface area contributed by atoms with Crippen LogP contribution in [0.3, 0.4) is 0 Å². The van der Waals surface area contributed by atoms with Gasteiger partial charge >= 0.3 is 5.97 Å². The number of hydrogen-bond donors (Lipinski definition) is 1. The van der Waals surface area contributed by atoms with Gasteiger partial charge in [-0.05, 0) is 36.6 Å². The van der Waals surface area contributed by atoms with Crippen LogP contribution in [0.4, 0.5) is 0 Å². The fourth-order valence-corrected chi connectivity index (χ4v) is 2.25. The van der Waals surface area contributed by atoms with E-state index < -0.39 is 5.97 Å². The maximum Gasteiger partial charge on any atom is 0.336 e. The molecule has 0 aliphatic rings. The predicted octanol–water partition coefficient (Wildman–Crippen LogP) is 3.89. The van der Waals surface area contributed by atoms with E-state index in [4.69, 9.17) is 4.74 Å². The van der Waals surface area contributed by atoms with E-state index >= 15 is 0 Å². The molecule has 1 aromatic heterocycles. The molecule has 2 aromatic rings. The summed E-state index contributed by atoms with van der Waals surface area (Å²) < 4.78 is 5.33. The Morgan fingerprint density at radius 2 is 1.95 bits per heavy atom. The van der Waals surface area contributed by atoms with Gasteiger partial charge in [0.25, 0.3) is 0 Å². The van der Waals surface area contributed by atoms with Gasteiger partial charge in [0, 0.05) is 16.8 Å². The second-order valence-corrected chi connectivity index (χ2v) is 5.29. The molecule has 0 amide bonds. The summed E-state index contributed by atoms with van der Waals surface area (Å²) in [4.78, 5) is 15.7. The number of carbonyl (C=O) groups is 1. The third kappa shape index (κ3) is 3.05. The zero-order valence-electron chi connectivity index (χ0n) is 12.7. The Labute approximate surface area is 124 Å². The highest BCUT2D eigenvalue weighted by Crippen LogP contribution is 2.34. The van der Waals surface area contributed by atoms with Crippen LogP contribution in [0.2, 0.25) is 0 Å². The SMILES string of the molecule is COc1cnc(C)cc1-c1cc(C(C)C)ccc1C(=O)O. The molecule has 0 spiro atoms. The molecular weight excluding hydrogens is 266 g/mol. The zero-order valence-corrected chi connectivity index (χ0v) is 12.7. The van der Waals surface area contributed by atoms with Gasteiger partial charge in [0.1, 0.15) is 5.75 Å². The van der Waals surface area contributed by atoms with Crippen molar-refractivity contribution in [1.82, 2.24) is 4.98 Å². The molecule has 1 N–H and O–H groups in total. The minimum absolute atomic E-state index is 0.267. The Kier molecular flexibility index (Phi) is 4.26. The number of nitrogens with zero attached hydrogens (tertiary/aromatic N) is 1. The number of carboxylic acids is 1. The second-order valence-electron chi connectivity index (χ2n) is 5.29. The monoisotopic (exact) mass is 285 g/mol. The minimum Gasteiger partial charge on any atom is -0.494 e. The smallest absolute Gasteiger partial charge is 0.336 e. The van der Waals surface area contributed by atoms with Crippen LogP contribution in [0.15, 0.2) is 30.5 Å². The Balaban J connectivity index is 2.74. The molecule has 2 rings (SSSR count). The number of pyridine rings is 1. The van der Waals surface area contributed by atoms with E-state index in [-0.39, 0.29) is 5.56 Å². The average molecular weight is 285 g/mol. The summed E-state index contributed by atoms with van der Waals surface area (Å²) in [6.45, 7) is 6.03. The average Bonchev–Trinajstić information content (AvgIpc) is 2.46. The van der Waals surface area contributed by atoms with Crippen LogP contribution in [-0.2, 0) is 0 Å². The quantitative estimate of drug-likeness (QED) is 0.926. The molecular formula is C17H19NO3. The van der Waals surface area contributed by atoms with Crippen LogP contribution in [-0.4, -0.2) is 23.2 Å². The molecule has 1 heterocycles. The van der Waals surface area contributed by atoms with E-state index in [1.165, 1.54) is 0 Å². The lowest BCUT2D eigenvalue weighted by Crippen LogP contribution is -2.03. The first-order valence-corrected chi connectivity index (χ1v) is 6.82. The van der Waals surface area contributed by atoms with E-state index in [1.807, 2.05) is 25.1 Å². The van der Waals surface area contributed by atoms with Crippen molar-refractivity contribution < 1.29 is 14.6 Å². The summed E-state index contributed by atoms with van der Waals surface area (Å²) in [7, 11) is 1.56. The summed E-state index contributed by atoms with van der Waals surface area (Å²) in [5.41, 5.74) is 3.59. The predicted molar refractivity (Wildman–Crippen MR) is 82.0 cm³/mol. The van der Waals surface area contributed by atoms with Crippen molar-refractivity contribution in [3.63, 3.8) is 0 Å². The standard InChI is InChI=1S/C17H19NO3/c1-10(2)12-5-6-13(17(19)20)14(8-12)15-7-11(3)18-9-16(15)21-4/h5-10H,1-4H3,(H,19,20). The van der Waals surface area contributed by atoms with Gasteiger partial charge in [0.2, 0.25) is 0 Å². The van der Waals surface area contributed by atoms with Crippen molar-refractivity contribution in [2.45, 2.75) is 26.7 Å². The molecule has 0 fully saturated rings. The van der Waals surface area contributed by atoms with Gasteiger partial charge in [-0.2, -0.15) is 0 Å². The number of aromatic nitrogens is 1. The highest BCUT2D eigenvalue weighted by molar-refractivity contribution is 5.97. The Bertz CT molecular complexity index is 678. The summed E-state index contributed by atoms with van der Waals surface area (Å²) in [5.74, 6) is -0.0543. The topological polar surface area (TPSA) is 59.4 Å². The van der Waals surface area contributed by atoms with Gasteiger partial charge in [-0.1, -0.05) is 19.9 Å². The first kappa shape index (κ1) is 15.0. The molecule has 1 aromatic carbocycles. The Hall–Kier alpha value is -2.36. The van der Waals surface area contributed by atoms with E-state index in [9.17, 15) is 9.90 Å². The van der Waals surface area contributed by atoms with E-state index in [1.54, 1.807) is 19.4 Å². The number of hydrogen-bond acceptors (Lipinski definition) is 3.